The number of carbonyl (C=O) groups is 1. The van der Waals surface area contributed by atoms with E-state index in [0.717, 1.165) is 36.6 Å². The zero-order valence-corrected chi connectivity index (χ0v) is 20.8. The molecule has 2 aromatic heterocycles. The number of nitrogens with one attached hydrogen (secondary N) is 1. The minimum Gasteiger partial charge on any atom is -0.481 e. The number of thioether (sulfide) groups is 1. The number of hydrogen-bond donors (Lipinski definition) is 1. The quantitative estimate of drug-likeness (QED) is 0.421. The molecule has 0 unspecified atom stereocenters. The molecule has 0 saturated carbocycles. The first-order valence-corrected chi connectivity index (χ1v) is 12.7. The summed E-state index contributed by atoms with van der Waals surface area (Å²) in [5.74, 6) is 0.142. The number of nitriles is 1. The van der Waals surface area contributed by atoms with Crippen LogP contribution in [0.5, 0.6) is 5.75 Å². The van der Waals surface area contributed by atoms with Crippen molar-refractivity contribution in [3.63, 3.8) is 0 Å². The number of halogens is 1. The molecular formula is C24H25FN4O3S2. The highest BCUT2D eigenvalue weighted by atomic mass is 32.2. The molecule has 0 aliphatic heterocycles. The molecule has 34 heavy (non-hydrogen) atoms. The van der Waals surface area contributed by atoms with Crippen LogP contribution < -0.4 is 10.1 Å². The summed E-state index contributed by atoms with van der Waals surface area (Å²) < 4.78 is 24.4. The molecule has 0 saturated heterocycles. The van der Waals surface area contributed by atoms with Gasteiger partial charge in [-0.1, -0.05) is 44.7 Å². The van der Waals surface area contributed by atoms with Gasteiger partial charge in [0.15, 0.2) is 18.2 Å². The number of ether oxygens (including phenoxy) is 1. The summed E-state index contributed by atoms with van der Waals surface area (Å²) in [5.41, 5.74) is 1.86. The standard InChI is InChI=1S/C24H25FN4O3S2/c1-24(2,3)14-8-9-15-16(11-26)22(34-19(15)10-14)27-20(30)13-33-23-29-28-21(32-23)12-31-18-7-5-4-6-17(18)25/h4-7,14H,8-10,12-13H2,1-3H3,(H,27,30)/t14-/m0/s1. The van der Waals surface area contributed by atoms with Crippen LogP contribution in [0.2, 0.25) is 0 Å². The van der Waals surface area contributed by atoms with Gasteiger partial charge in [-0.25, -0.2) is 4.39 Å². The molecule has 1 aliphatic rings. The average Bonchev–Trinajstić information content (AvgIpc) is 3.39. The highest BCUT2D eigenvalue weighted by Crippen LogP contribution is 2.44. The van der Waals surface area contributed by atoms with Crippen molar-refractivity contribution in [2.45, 2.75) is 51.9 Å². The molecule has 1 amide bonds. The van der Waals surface area contributed by atoms with Crippen LogP contribution in [0, 0.1) is 28.5 Å². The molecule has 10 heteroatoms. The first-order chi connectivity index (χ1) is 16.2. The Kier molecular flexibility index (Phi) is 7.24. The lowest BCUT2D eigenvalue weighted by atomic mass is 9.72. The van der Waals surface area contributed by atoms with Crippen LogP contribution >= 0.6 is 23.1 Å². The molecular weight excluding hydrogens is 475 g/mol. The normalized spacial score (nSPS) is 15.4. The summed E-state index contributed by atoms with van der Waals surface area (Å²) in [4.78, 5) is 13.8. The van der Waals surface area contributed by atoms with Gasteiger partial charge in [-0.3, -0.25) is 4.79 Å². The Morgan fingerprint density at radius 2 is 2.18 bits per heavy atom. The summed E-state index contributed by atoms with van der Waals surface area (Å²) in [6, 6.07) is 8.32. The minimum atomic E-state index is -0.478. The second-order valence-corrected chi connectivity index (χ2v) is 11.2. The highest BCUT2D eigenvalue weighted by Gasteiger charge is 2.32. The molecule has 1 atom stereocenters. The second-order valence-electron chi connectivity index (χ2n) is 9.14. The molecule has 4 rings (SSSR count). The maximum atomic E-state index is 13.6. The highest BCUT2D eigenvalue weighted by molar-refractivity contribution is 7.99. The van der Waals surface area contributed by atoms with Crippen LogP contribution in [0.3, 0.4) is 0 Å². The van der Waals surface area contributed by atoms with Crippen molar-refractivity contribution >= 4 is 34.0 Å². The van der Waals surface area contributed by atoms with E-state index in [1.807, 2.05) is 0 Å². The SMILES string of the molecule is CC(C)(C)[C@H]1CCc2c(sc(NC(=O)CSc3nnc(COc4ccccc4F)o3)c2C#N)C1. The Morgan fingerprint density at radius 3 is 2.91 bits per heavy atom. The third-order valence-electron chi connectivity index (χ3n) is 5.82. The van der Waals surface area contributed by atoms with E-state index in [4.69, 9.17) is 9.15 Å². The number of thiophene rings is 1. The van der Waals surface area contributed by atoms with Gasteiger partial charge >= 0.3 is 0 Å². The molecule has 0 radical (unpaired) electrons. The first-order valence-electron chi connectivity index (χ1n) is 10.9. The van der Waals surface area contributed by atoms with E-state index in [1.54, 1.807) is 12.1 Å². The number of para-hydroxylation sites is 1. The van der Waals surface area contributed by atoms with Crippen molar-refractivity contribution < 1.29 is 18.3 Å². The number of anilines is 1. The van der Waals surface area contributed by atoms with E-state index in [0.29, 0.717) is 16.5 Å². The van der Waals surface area contributed by atoms with Crippen LogP contribution in [-0.2, 0) is 24.2 Å². The van der Waals surface area contributed by atoms with E-state index in [-0.39, 0.29) is 40.5 Å². The second kappa shape index (κ2) is 10.2. The lowest BCUT2D eigenvalue weighted by molar-refractivity contribution is -0.113. The first kappa shape index (κ1) is 24.2. The summed E-state index contributed by atoms with van der Waals surface area (Å²) in [6.45, 7) is 6.66. The summed E-state index contributed by atoms with van der Waals surface area (Å²) in [7, 11) is 0. The van der Waals surface area contributed by atoms with Gasteiger partial charge in [-0.2, -0.15) is 5.26 Å². The number of aromatic nitrogens is 2. The number of nitrogens with zero attached hydrogens (tertiary/aromatic N) is 3. The van der Waals surface area contributed by atoms with Gasteiger partial charge in [-0.05, 0) is 48.3 Å². The van der Waals surface area contributed by atoms with Crippen molar-refractivity contribution in [1.29, 1.82) is 5.26 Å². The fourth-order valence-electron chi connectivity index (χ4n) is 3.88. The van der Waals surface area contributed by atoms with Crippen LogP contribution in [0.1, 0.15) is 49.1 Å². The average molecular weight is 501 g/mol. The van der Waals surface area contributed by atoms with Gasteiger partial charge in [0.05, 0.1) is 11.3 Å². The van der Waals surface area contributed by atoms with E-state index in [2.05, 4.69) is 42.4 Å². The molecule has 0 fully saturated rings. The number of carbonyl (C=O) groups excluding carboxylic acids is 1. The lowest BCUT2D eigenvalue weighted by Gasteiger charge is -2.33. The predicted molar refractivity (Wildman–Crippen MR) is 128 cm³/mol. The maximum absolute atomic E-state index is 13.6. The molecule has 0 bridgehead atoms. The van der Waals surface area contributed by atoms with Crippen LogP contribution in [0.4, 0.5) is 9.39 Å². The minimum absolute atomic E-state index is 0.0495. The Morgan fingerprint density at radius 1 is 1.38 bits per heavy atom. The van der Waals surface area contributed by atoms with Gasteiger partial charge in [0, 0.05) is 4.88 Å². The zero-order chi connectivity index (χ0) is 24.3. The molecule has 0 spiro atoms. The summed E-state index contributed by atoms with van der Waals surface area (Å²) in [6.07, 6.45) is 2.84. The molecule has 7 nitrogen and oxygen atoms in total. The molecule has 1 aliphatic carbocycles. The van der Waals surface area contributed by atoms with Gasteiger partial charge in [0.1, 0.15) is 11.1 Å². The fraction of sp³-hybridized carbons (Fsp3) is 0.417. The topological polar surface area (TPSA) is 101 Å². The molecule has 3 aromatic rings. The Labute approximate surface area is 205 Å². The number of hydrogen-bond acceptors (Lipinski definition) is 8. The van der Waals surface area contributed by atoms with Crippen molar-refractivity contribution in [3.05, 3.63) is 52.0 Å². The third kappa shape index (κ3) is 5.59. The van der Waals surface area contributed by atoms with Crippen LogP contribution in [-0.4, -0.2) is 21.9 Å². The van der Waals surface area contributed by atoms with Crippen molar-refractivity contribution in [3.8, 4) is 11.8 Å². The van der Waals surface area contributed by atoms with E-state index >= 15 is 0 Å². The van der Waals surface area contributed by atoms with Gasteiger partial charge < -0.3 is 14.5 Å². The molecule has 1 N–H and O–H groups in total. The lowest BCUT2D eigenvalue weighted by Crippen LogP contribution is -2.26. The summed E-state index contributed by atoms with van der Waals surface area (Å²) in [5, 5.41) is 21.1. The fourth-order valence-corrected chi connectivity index (χ4v) is 5.75. The number of benzene rings is 1. The van der Waals surface area contributed by atoms with E-state index in [1.165, 1.54) is 28.3 Å². The van der Waals surface area contributed by atoms with Gasteiger partial charge in [-0.15, -0.1) is 21.5 Å². The van der Waals surface area contributed by atoms with Gasteiger partial charge in [0.25, 0.3) is 11.1 Å². The smallest absolute Gasteiger partial charge is 0.277 e. The Bertz CT molecular complexity index is 1230. The zero-order valence-electron chi connectivity index (χ0n) is 19.2. The van der Waals surface area contributed by atoms with E-state index in [9.17, 15) is 14.4 Å². The monoisotopic (exact) mass is 500 g/mol. The van der Waals surface area contributed by atoms with E-state index < -0.39 is 5.82 Å². The third-order valence-corrected chi connectivity index (χ3v) is 7.81. The van der Waals surface area contributed by atoms with Crippen LogP contribution in [0.15, 0.2) is 33.9 Å². The van der Waals surface area contributed by atoms with Crippen molar-refractivity contribution in [1.82, 2.24) is 10.2 Å². The Balaban J connectivity index is 1.32. The van der Waals surface area contributed by atoms with Crippen LogP contribution in [0.25, 0.3) is 0 Å². The molecule has 2 heterocycles. The summed E-state index contributed by atoms with van der Waals surface area (Å²) >= 11 is 2.59. The van der Waals surface area contributed by atoms with Gasteiger partial charge in [0.2, 0.25) is 5.91 Å². The number of amides is 1. The Hall–Kier alpha value is -2.90. The number of rotatable bonds is 7. The predicted octanol–water partition coefficient (Wildman–Crippen LogP) is 5.60. The van der Waals surface area contributed by atoms with Crippen molar-refractivity contribution in [2.24, 2.45) is 11.3 Å². The molecule has 1 aromatic carbocycles. The maximum Gasteiger partial charge on any atom is 0.277 e. The number of fused-ring (bicyclic) bond motifs is 1. The van der Waals surface area contributed by atoms with Crippen molar-refractivity contribution in [2.75, 3.05) is 11.1 Å². The molecule has 178 valence electrons. The largest absolute Gasteiger partial charge is 0.481 e.